The molecule has 1 rings (SSSR count). The van der Waals surface area contributed by atoms with E-state index in [0.29, 0.717) is 18.8 Å². The summed E-state index contributed by atoms with van der Waals surface area (Å²) in [5.74, 6) is 0.0179. The molecule has 0 radical (unpaired) electrons. The van der Waals surface area contributed by atoms with Crippen molar-refractivity contribution in [2.75, 3.05) is 6.61 Å². The highest BCUT2D eigenvalue weighted by Gasteiger charge is 2.32. The highest BCUT2D eigenvalue weighted by molar-refractivity contribution is 5.99. The SMILES string of the molecule is CCC(C)(O)C(=O)C1=CCCO1. The average Bonchev–Trinajstić information content (AvgIpc) is 2.55. The molecule has 0 aromatic heterocycles. The number of rotatable bonds is 3. The van der Waals surface area contributed by atoms with Gasteiger partial charge in [-0.15, -0.1) is 0 Å². The van der Waals surface area contributed by atoms with Crippen LogP contribution in [0.4, 0.5) is 0 Å². The van der Waals surface area contributed by atoms with Gasteiger partial charge in [0.25, 0.3) is 0 Å². The van der Waals surface area contributed by atoms with Crippen LogP contribution in [0.25, 0.3) is 0 Å². The quantitative estimate of drug-likeness (QED) is 0.687. The highest BCUT2D eigenvalue weighted by atomic mass is 16.5. The molecule has 3 heteroatoms. The molecule has 12 heavy (non-hydrogen) atoms. The van der Waals surface area contributed by atoms with E-state index in [9.17, 15) is 9.90 Å². The molecule has 0 aromatic carbocycles. The summed E-state index contributed by atoms with van der Waals surface area (Å²) in [5.41, 5.74) is -1.27. The maximum absolute atomic E-state index is 11.5. The Balaban J connectivity index is 2.70. The molecule has 1 aliphatic rings. The van der Waals surface area contributed by atoms with E-state index in [2.05, 4.69) is 0 Å². The molecule has 0 bridgehead atoms. The van der Waals surface area contributed by atoms with Crippen molar-refractivity contribution in [1.82, 2.24) is 0 Å². The average molecular weight is 170 g/mol. The van der Waals surface area contributed by atoms with Crippen molar-refractivity contribution in [3.8, 4) is 0 Å². The number of hydrogen-bond donors (Lipinski definition) is 1. The first-order valence-electron chi connectivity index (χ1n) is 4.18. The van der Waals surface area contributed by atoms with Gasteiger partial charge in [-0.25, -0.2) is 0 Å². The number of carbonyl (C=O) groups is 1. The minimum absolute atomic E-state index is 0.303. The molecular formula is C9H14O3. The third kappa shape index (κ3) is 1.67. The van der Waals surface area contributed by atoms with E-state index in [1.54, 1.807) is 13.0 Å². The van der Waals surface area contributed by atoms with Crippen LogP contribution in [0.5, 0.6) is 0 Å². The second-order valence-corrected chi connectivity index (χ2v) is 3.16. The van der Waals surface area contributed by atoms with Crippen molar-refractivity contribution in [1.29, 1.82) is 0 Å². The predicted octanol–water partition coefficient (Wildman–Crippen LogP) is 1.02. The summed E-state index contributed by atoms with van der Waals surface area (Å²) in [5, 5.41) is 9.58. The first kappa shape index (κ1) is 9.26. The van der Waals surface area contributed by atoms with Crippen LogP contribution in [0.15, 0.2) is 11.8 Å². The zero-order chi connectivity index (χ0) is 9.19. The van der Waals surface area contributed by atoms with Gasteiger partial charge in [-0.3, -0.25) is 4.79 Å². The van der Waals surface area contributed by atoms with Gasteiger partial charge in [0.15, 0.2) is 5.76 Å². The van der Waals surface area contributed by atoms with E-state index >= 15 is 0 Å². The van der Waals surface area contributed by atoms with E-state index in [0.717, 1.165) is 6.42 Å². The number of ether oxygens (including phenoxy) is 1. The molecule has 0 amide bonds. The van der Waals surface area contributed by atoms with Gasteiger partial charge in [-0.2, -0.15) is 0 Å². The monoisotopic (exact) mass is 170 g/mol. The van der Waals surface area contributed by atoms with E-state index in [4.69, 9.17) is 4.74 Å². The van der Waals surface area contributed by atoms with Gasteiger partial charge in [0.05, 0.1) is 6.61 Å². The lowest BCUT2D eigenvalue weighted by atomic mass is 9.96. The lowest BCUT2D eigenvalue weighted by molar-refractivity contribution is -0.135. The normalized spacial score (nSPS) is 21.1. The molecule has 1 heterocycles. The molecule has 0 saturated carbocycles. The van der Waals surface area contributed by atoms with E-state index in [1.165, 1.54) is 6.92 Å². The maximum Gasteiger partial charge on any atom is 0.228 e. The Labute approximate surface area is 72.0 Å². The van der Waals surface area contributed by atoms with Crippen LogP contribution in [-0.4, -0.2) is 23.1 Å². The number of aliphatic hydroxyl groups is 1. The molecule has 0 saturated heterocycles. The lowest BCUT2D eigenvalue weighted by Crippen LogP contribution is -2.35. The van der Waals surface area contributed by atoms with Crippen LogP contribution in [0, 0.1) is 0 Å². The molecule has 1 N–H and O–H groups in total. The van der Waals surface area contributed by atoms with Gasteiger partial charge in [0.1, 0.15) is 5.60 Å². The first-order chi connectivity index (χ1) is 5.58. The third-order valence-corrected chi connectivity index (χ3v) is 2.11. The maximum atomic E-state index is 11.5. The van der Waals surface area contributed by atoms with Crippen LogP contribution < -0.4 is 0 Å². The van der Waals surface area contributed by atoms with Gasteiger partial charge in [0.2, 0.25) is 5.78 Å². The largest absolute Gasteiger partial charge is 0.490 e. The topological polar surface area (TPSA) is 46.5 Å². The van der Waals surface area contributed by atoms with Crippen molar-refractivity contribution < 1.29 is 14.6 Å². The zero-order valence-corrected chi connectivity index (χ0v) is 7.46. The van der Waals surface area contributed by atoms with Crippen molar-refractivity contribution >= 4 is 5.78 Å². The molecule has 1 unspecified atom stereocenters. The molecule has 68 valence electrons. The Bertz CT molecular complexity index is 216. The molecule has 0 fully saturated rings. The van der Waals surface area contributed by atoms with Gasteiger partial charge < -0.3 is 9.84 Å². The number of Topliss-reactive ketones (excluding diaryl/α,β-unsaturated/α-hetero) is 1. The van der Waals surface area contributed by atoms with Gasteiger partial charge in [-0.1, -0.05) is 6.92 Å². The minimum Gasteiger partial charge on any atom is -0.490 e. The summed E-state index contributed by atoms with van der Waals surface area (Å²) < 4.78 is 5.05. The van der Waals surface area contributed by atoms with E-state index < -0.39 is 5.60 Å². The third-order valence-electron chi connectivity index (χ3n) is 2.11. The smallest absolute Gasteiger partial charge is 0.228 e. The molecule has 0 spiro atoms. The second-order valence-electron chi connectivity index (χ2n) is 3.16. The molecule has 3 nitrogen and oxygen atoms in total. The van der Waals surface area contributed by atoms with Crippen LogP contribution >= 0.6 is 0 Å². The summed E-state index contributed by atoms with van der Waals surface area (Å²) in [6.45, 7) is 3.84. The molecular weight excluding hydrogens is 156 g/mol. The van der Waals surface area contributed by atoms with Crippen LogP contribution in [-0.2, 0) is 9.53 Å². The summed E-state index contributed by atoms with van der Waals surface area (Å²) >= 11 is 0. The van der Waals surface area contributed by atoms with Crippen molar-refractivity contribution in [2.24, 2.45) is 0 Å². The summed E-state index contributed by atoms with van der Waals surface area (Å²) in [7, 11) is 0. The number of ketones is 1. The van der Waals surface area contributed by atoms with E-state index in [-0.39, 0.29) is 5.78 Å². The fourth-order valence-electron chi connectivity index (χ4n) is 1.00. The number of hydrogen-bond acceptors (Lipinski definition) is 3. The Morgan fingerprint density at radius 1 is 1.83 bits per heavy atom. The Morgan fingerprint density at radius 3 is 2.92 bits per heavy atom. The molecule has 1 atom stereocenters. The lowest BCUT2D eigenvalue weighted by Gasteiger charge is -2.19. The summed E-state index contributed by atoms with van der Waals surface area (Å²) in [6.07, 6.45) is 2.90. The molecule has 0 aromatic rings. The van der Waals surface area contributed by atoms with Gasteiger partial charge in [0, 0.05) is 6.42 Å². The minimum atomic E-state index is -1.27. The zero-order valence-electron chi connectivity index (χ0n) is 7.46. The molecule has 0 aliphatic carbocycles. The summed E-state index contributed by atoms with van der Waals surface area (Å²) in [6, 6.07) is 0. The highest BCUT2D eigenvalue weighted by Crippen LogP contribution is 2.19. The standard InChI is InChI=1S/C9H14O3/c1-3-9(2,11)8(10)7-5-4-6-12-7/h5,11H,3-4,6H2,1-2H3. The van der Waals surface area contributed by atoms with Gasteiger partial charge >= 0.3 is 0 Å². The molecule has 1 aliphatic heterocycles. The Hall–Kier alpha value is -0.830. The Morgan fingerprint density at radius 2 is 2.50 bits per heavy atom. The van der Waals surface area contributed by atoms with Crippen LogP contribution in [0.1, 0.15) is 26.7 Å². The number of carbonyl (C=O) groups excluding carboxylic acids is 1. The van der Waals surface area contributed by atoms with Crippen LogP contribution in [0.3, 0.4) is 0 Å². The van der Waals surface area contributed by atoms with Crippen molar-refractivity contribution in [3.05, 3.63) is 11.8 Å². The first-order valence-corrected chi connectivity index (χ1v) is 4.18. The summed E-state index contributed by atoms with van der Waals surface area (Å²) in [4.78, 5) is 11.5. The van der Waals surface area contributed by atoms with E-state index in [1.807, 2.05) is 0 Å². The van der Waals surface area contributed by atoms with Gasteiger partial charge in [-0.05, 0) is 19.4 Å². The Kier molecular flexibility index (Phi) is 2.52. The van der Waals surface area contributed by atoms with Crippen molar-refractivity contribution in [3.63, 3.8) is 0 Å². The van der Waals surface area contributed by atoms with Crippen molar-refractivity contribution in [2.45, 2.75) is 32.3 Å². The fourth-order valence-corrected chi connectivity index (χ4v) is 1.00. The fraction of sp³-hybridized carbons (Fsp3) is 0.667. The second kappa shape index (κ2) is 3.27. The predicted molar refractivity (Wildman–Crippen MR) is 44.6 cm³/mol. The van der Waals surface area contributed by atoms with Crippen LogP contribution in [0.2, 0.25) is 0 Å².